The molecule has 0 radical (unpaired) electrons. The molecule has 4 fully saturated rings. The zero-order valence-electron chi connectivity index (χ0n) is 18.5. The van der Waals surface area contributed by atoms with E-state index in [1.165, 1.54) is 12.8 Å². The van der Waals surface area contributed by atoms with Crippen LogP contribution in [0.2, 0.25) is 0 Å². The number of aromatic nitrogens is 1. The summed E-state index contributed by atoms with van der Waals surface area (Å²) < 4.78 is 6.24. The molecule has 0 atom stereocenters. The summed E-state index contributed by atoms with van der Waals surface area (Å²) in [4.78, 5) is 16.5. The molecule has 4 saturated carbocycles. The van der Waals surface area contributed by atoms with Crippen LogP contribution in [0.15, 0.2) is 30.3 Å². The average molecular weight is 423 g/mol. The molecule has 0 aliphatic heterocycles. The van der Waals surface area contributed by atoms with Crippen LogP contribution in [-0.4, -0.2) is 27.7 Å². The van der Waals surface area contributed by atoms with Crippen LogP contribution in [0.4, 0.5) is 0 Å². The Bertz CT molecular complexity index is 940. The highest BCUT2D eigenvalue weighted by molar-refractivity contribution is 5.80. The van der Waals surface area contributed by atoms with Gasteiger partial charge in [-0.05, 0) is 94.4 Å². The third-order valence-corrected chi connectivity index (χ3v) is 8.33. The van der Waals surface area contributed by atoms with E-state index in [1.54, 1.807) is 0 Å². The molecule has 1 heterocycles. The third kappa shape index (κ3) is 4.17. The van der Waals surface area contributed by atoms with Crippen LogP contribution < -0.4 is 10.1 Å². The maximum atomic E-state index is 11.6. The summed E-state index contributed by atoms with van der Waals surface area (Å²) >= 11 is 0. The van der Waals surface area contributed by atoms with E-state index in [2.05, 4.69) is 42.6 Å². The normalized spacial score (nSPS) is 32.8. The number of nitrogens with one attached hydrogen (secondary N) is 1. The molecular weight excluding hydrogens is 388 g/mol. The Labute approximate surface area is 184 Å². The lowest BCUT2D eigenvalue weighted by Gasteiger charge is -2.51. The smallest absolute Gasteiger partial charge is 0.309 e. The summed E-state index contributed by atoms with van der Waals surface area (Å²) in [6.07, 6.45) is 10.4. The molecule has 1 aromatic heterocycles. The van der Waals surface area contributed by atoms with Gasteiger partial charge in [-0.25, -0.2) is 0 Å². The fourth-order valence-corrected chi connectivity index (χ4v) is 5.91. The molecule has 0 unspecified atom stereocenters. The molecule has 0 saturated heterocycles. The van der Waals surface area contributed by atoms with Gasteiger partial charge >= 0.3 is 5.97 Å². The molecule has 2 aromatic rings. The van der Waals surface area contributed by atoms with E-state index in [0.29, 0.717) is 6.10 Å². The zero-order chi connectivity index (χ0) is 21.5. The fourth-order valence-electron chi connectivity index (χ4n) is 5.91. The highest BCUT2D eigenvalue weighted by Crippen LogP contribution is 2.52. The summed E-state index contributed by atoms with van der Waals surface area (Å²) in [5, 5.41) is 14.5. The van der Waals surface area contributed by atoms with Crippen molar-refractivity contribution in [1.29, 1.82) is 0 Å². The third-order valence-electron chi connectivity index (χ3n) is 8.33. The molecule has 5 heteroatoms. The highest BCUT2D eigenvalue weighted by atomic mass is 16.5. The number of rotatable bonds is 6. The van der Waals surface area contributed by atoms with Crippen molar-refractivity contribution in [3.05, 3.63) is 36.0 Å². The Morgan fingerprint density at radius 2 is 1.77 bits per heavy atom. The van der Waals surface area contributed by atoms with Crippen molar-refractivity contribution >= 4 is 16.9 Å². The Morgan fingerprint density at radius 1 is 1.06 bits per heavy atom. The first kappa shape index (κ1) is 20.7. The number of benzene rings is 1. The minimum Gasteiger partial charge on any atom is -0.490 e. The molecule has 31 heavy (non-hydrogen) atoms. The number of fused-ring (bicyclic) bond motifs is 4. The van der Waals surface area contributed by atoms with Crippen LogP contribution in [0, 0.1) is 11.3 Å². The molecule has 2 N–H and O–H groups in total. The maximum absolute atomic E-state index is 11.6. The van der Waals surface area contributed by atoms with E-state index < -0.39 is 11.4 Å². The number of carboxylic acid groups (broad SMARTS) is 1. The van der Waals surface area contributed by atoms with Crippen molar-refractivity contribution in [2.45, 2.75) is 89.3 Å². The predicted molar refractivity (Wildman–Crippen MR) is 121 cm³/mol. The van der Waals surface area contributed by atoms with Gasteiger partial charge in [0.2, 0.25) is 0 Å². The first-order valence-electron chi connectivity index (χ1n) is 12.0. The minimum atomic E-state index is -0.599. The van der Waals surface area contributed by atoms with Gasteiger partial charge in [0.25, 0.3) is 0 Å². The van der Waals surface area contributed by atoms with Crippen LogP contribution in [0.3, 0.4) is 0 Å². The lowest BCUT2D eigenvalue weighted by atomic mass is 9.57. The van der Waals surface area contributed by atoms with Gasteiger partial charge in [-0.3, -0.25) is 9.78 Å². The maximum Gasteiger partial charge on any atom is 0.309 e. The van der Waals surface area contributed by atoms with Gasteiger partial charge in [-0.15, -0.1) is 0 Å². The lowest BCUT2D eigenvalue weighted by Crippen LogP contribution is -2.56. The molecule has 1 aromatic carbocycles. The lowest BCUT2D eigenvalue weighted by molar-refractivity contribution is -0.156. The summed E-state index contributed by atoms with van der Waals surface area (Å²) in [6.45, 7) is 3.06. The summed E-state index contributed by atoms with van der Waals surface area (Å²) in [6, 6.07) is 10.5. The first-order chi connectivity index (χ1) is 15.0. The van der Waals surface area contributed by atoms with E-state index in [1.807, 2.05) is 0 Å². The van der Waals surface area contributed by atoms with Crippen LogP contribution >= 0.6 is 0 Å². The quantitative estimate of drug-likeness (QED) is 0.647. The molecule has 4 aliphatic rings. The van der Waals surface area contributed by atoms with Crippen molar-refractivity contribution in [2.75, 3.05) is 0 Å². The summed E-state index contributed by atoms with van der Waals surface area (Å²) in [7, 11) is 0. The van der Waals surface area contributed by atoms with E-state index in [9.17, 15) is 9.90 Å². The monoisotopic (exact) mass is 422 g/mol. The van der Waals surface area contributed by atoms with Gasteiger partial charge in [0.05, 0.1) is 22.7 Å². The molecule has 4 aliphatic carbocycles. The Hall–Kier alpha value is -2.14. The number of carbonyl (C=O) groups is 1. The molecule has 166 valence electrons. The number of carboxylic acids is 1. The molecule has 0 amide bonds. The second-order valence-corrected chi connectivity index (χ2v) is 10.4. The summed E-state index contributed by atoms with van der Waals surface area (Å²) in [5.74, 6) is 1.18. The second kappa shape index (κ2) is 8.09. The number of aliphatic carboxylic acids is 1. The Balaban J connectivity index is 1.21. The molecule has 2 bridgehead atoms. The van der Waals surface area contributed by atoms with E-state index in [0.717, 1.165) is 86.2 Å². The molecule has 5 nitrogen and oxygen atoms in total. The topological polar surface area (TPSA) is 71.5 Å². The number of pyridine rings is 1. The van der Waals surface area contributed by atoms with Crippen molar-refractivity contribution < 1.29 is 14.6 Å². The van der Waals surface area contributed by atoms with Crippen LogP contribution in [0.5, 0.6) is 5.75 Å². The van der Waals surface area contributed by atoms with E-state index in [4.69, 9.17) is 9.72 Å². The molecule has 6 rings (SSSR count). The van der Waals surface area contributed by atoms with Gasteiger partial charge < -0.3 is 15.2 Å². The first-order valence-corrected chi connectivity index (χ1v) is 12.0. The van der Waals surface area contributed by atoms with Gasteiger partial charge in [0, 0.05) is 17.5 Å². The van der Waals surface area contributed by atoms with E-state index >= 15 is 0 Å². The standard InChI is InChI=1S/C26H34N2O3/c1-18-2-6-21(7-3-18)31-22-8-9-23-19(16-22)4-5-20(28-23)17-27-26-13-10-25(11-14-26,12-15-26)24(29)30/h4-5,8-9,16,18,21,27H,2-3,6-7,10-15,17H2,1H3,(H,29,30)/t18-,21-,25?,26?. The highest BCUT2D eigenvalue weighted by Gasteiger charge is 2.52. The molecular formula is C26H34N2O3. The Morgan fingerprint density at radius 3 is 2.45 bits per heavy atom. The number of ether oxygens (including phenoxy) is 1. The van der Waals surface area contributed by atoms with Crippen molar-refractivity contribution in [1.82, 2.24) is 10.3 Å². The van der Waals surface area contributed by atoms with Gasteiger partial charge in [0.15, 0.2) is 0 Å². The zero-order valence-corrected chi connectivity index (χ0v) is 18.5. The predicted octanol–water partition coefficient (Wildman–Crippen LogP) is 5.46. The van der Waals surface area contributed by atoms with Gasteiger partial charge in [-0.1, -0.05) is 13.0 Å². The van der Waals surface area contributed by atoms with Gasteiger partial charge in [0.1, 0.15) is 5.75 Å². The number of hydrogen-bond donors (Lipinski definition) is 2. The largest absolute Gasteiger partial charge is 0.490 e. The van der Waals surface area contributed by atoms with Gasteiger partial charge in [-0.2, -0.15) is 0 Å². The van der Waals surface area contributed by atoms with Crippen molar-refractivity contribution in [3.63, 3.8) is 0 Å². The van der Waals surface area contributed by atoms with Crippen LogP contribution in [-0.2, 0) is 11.3 Å². The second-order valence-electron chi connectivity index (χ2n) is 10.4. The average Bonchev–Trinajstić information content (AvgIpc) is 2.80. The summed E-state index contributed by atoms with van der Waals surface area (Å²) in [5.41, 5.74) is 1.67. The number of nitrogens with zero attached hydrogens (tertiary/aromatic N) is 1. The fraction of sp³-hybridized carbons (Fsp3) is 0.615. The Kier molecular flexibility index (Phi) is 5.41. The minimum absolute atomic E-state index is 0.0863. The van der Waals surface area contributed by atoms with Crippen molar-refractivity contribution in [2.24, 2.45) is 11.3 Å². The molecule has 0 spiro atoms. The van der Waals surface area contributed by atoms with Crippen LogP contribution in [0.1, 0.15) is 76.8 Å². The van der Waals surface area contributed by atoms with Crippen LogP contribution in [0.25, 0.3) is 10.9 Å². The SMILES string of the molecule is C[C@H]1CC[C@H](Oc2ccc3nc(CNC45CCC(C(=O)O)(CC4)CC5)ccc3c2)CC1. The number of hydrogen-bond acceptors (Lipinski definition) is 4. The van der Waals surface area contributed by atoms with Crippen molar-refractivity contribution in [3.8, 4) is 5.75 Å². The van der Waals surface area contributed by atoms with E-state index in [-0.39, 0.29) is 5.54 Å².